The van der Waals surface area contributed by atoms with Crippen LogP contribution in [0, 0.1) is 6.92 Å². The Labute approximate surface area is 129 Å². The van der Waals surface area contributed by atoms with E-state index in [1.165, 1.54) is 10.6 Å². The van der Waals surface area contributed by atoms with E-state index in [0.717, 1.165) is 5.56 Å². The molecule has 1 unspecified atom stereocenters. The predicted octanol–water partition coefficient (Wildman–Crippen LogP) is 2.76. The summed E-state index contributed by atoms with van der Waals surface area (Å²) in [7, 11) is 0. The second-order valence-corrected chi connectivity index (χ2v) is 5.04. The first kappa shape index (κ1) is 15.8. The van der Waals surface area contributed by atoms with Gasteiger partial charge < -0.3 is 14.6 Å². The molecule has 0 aliphatic heterocycles. The van der Waals surface area contributed by atoms with Crippen LogP contribution < -0.4 is 15.6 Å². The molecule has 0 saturated heterocycles. The van der Waals surface area contributed by atoms with Crippen molar-refractivity contribution >= 4 is 11.6 Å². The minimum atomic E-state index is -0.609. The van der Waals surface area contributed by atoms with Crippen LogP contribution in [0.5, 0.6) is 5.75 Å². The molecule has 0 bridgehead atoms. The Morgan fingerprint density at radius 3 is 2.73 bits per heavy atom. The van der Waals surface area contributed by atoms with Crippen LogP contribution in [0.15, 0.2) is 47.4 Å². The smallest absolute Gasteiger partial charge is 0.251 e. The summed E-state index contributed by atoms with van der Waals surface area (Å²) in [6.45, 7) is 5.93. The number of anilines is 1. The van der Waals surface area contributed by atoms with Crippen molar-refractivity contribution in [1.29, 1.82) is 0 Å². The van der Waals surface area contributed by atoms with Crippen LogP contribution in [-0.2, 0) is 4.79 Å². The van der Waals surface area contributed by atoms with Crippen LogP contribution in [-0.4, -0.2) is 17.1 Å². The highest BCUT2D eigenvalue weighted by Gasteiger charge is 2.17. The zero-order valence-corrected chi connectivity index (χ0v) is 13.0. The van der Waals surface area contributed by atoms with Gasteiger partial charge in [-0.15, -0.1) is 0 Å². The second kappa shape index (κ2) is 6.93. The first-order valence-corrected chi connectivity index (χ1v) is 7.24. The fourth-order valence-corrected chi connectivity index (χ4v) is 2.12. The highest BCUT2D eigenvalue weighted by atomic mass is 16.5. The van der Waals surface area contributed by atoms with E-state index in [-0.39, 0.29) is 11.5 Å². The molecule has 1 N–H and O–H groups in total. The number of amides is 1. The Morgan fingerprint density at radius 2 is 2.05 bits per heavy atom. The maximum atomic E-state index is 12.4. The summed E-state index contributed by atoms with van der Waals surface area (Å²) >= 11 is 0. The molecule has 0 aliphatic carbocycles. The van der Waals surface area contributed by atoms with Crippen LogP contribution in [0.1, 0.15) is 25.5 Å². The molecule has 0 aliphatic rings. The summed E-state index contributed by atoms with van der Waals surface area (Å²) in [4.78, 5) is 24.3. The van der Waals surface area contributed by atoms with Gasteiger partial charge in [0.1, 0.15) is 11.8 Å². The number of carbonyl (C=O) groups is 1. The number of hydrogen-bond acceptors (Lipinski definition) is 3. The van der Waals surface area contributed by atoms with Gasteiger partial charge in [-0.3, -0.25) is 9.59 Å². The molecule has 0 fully saturated rings. The zero-order chi connectivity index (χ0) is 16.1. The van der Waals surface area contributed by atoms with Crippen LogP contribution in [0.4, 0.5) is 5.69 Å². The molecule has 0 spiro atoms. The first-order valence-electron chi connectivity index (χ1n) is 7.24. The second-order valence-electron chi connectivity index (χ2n) is 5.04. The fraction of sp³-hybridized carbons (Fsp3) is 0.294. The number of rotatable bonds is 5. The highest BCUT2D eigenvalue weighted by molar-refractivity contribution is 5.94. The molecule has 2 aromatic rings. The molecule has 5 nitrogen and oxygen atoms in total. The van der Waals surface area contributed by atoms with Gasteiger partial charge in [0.05, 0.1) is 12.3 Å². The summed E-state index contributed by atoms with van der Waals surface area (Å²) in [5.41, 5.74) is 1.28. The quantitative estimate of drug-likeness (QED) is 0.923. The Bertz CT molecular complexity index is 722. The number of aromatic nitrogens is 1. The number of aryl methyl sites for hydroxylation is 1. The van der Waals surface area contributed by atoms with Gasteiger partial charge in [-0.25, -0.2) is 0 Å². The average molecular weight is 300 g/mol. The van der Waals surface area contributed by atoms with Crippen molar-refractivity contribution in [1.82, 2.24) is 4.57 Å². The molecule has 1 heterocycles. The number of nitrogens with one attached hydrogen (secondary N) is 1. The van der Waals surface area contributed by atoms with Crippen molar-refractivity contribution in [2.24, 2.45) is 0 Å². The van der Waals surface area contributed by atoms with E-state index in [4.69, 9.17) is 4.74 Å². The topological polar surface area (TPSA) is 60.3 Å². The van der Waals surface area contributed by atoms with Crippen LogP contribution in [0.25, 0.3) is 0 Å². The number of hydrogen-bond donors (Lipinski definition) is 1. The number of nitrogens with zero attached hydrogens (tertiary/aromatic N) is 1. The van der Waals surface area contributed by atoms with E-state index < -0.39 is 6.04 Å². The molecule has 1 aromatic heterocycles. The molecule has 1 atom stereocenters. The molecule has 0 saturated carbocycles. The number of pyridine rings is 1. The lowest BCUT2D eigenvalue weighted by atomic mass is 10.2. The third-order valence-electron chi connectivity index (χ3n) is 3.35. The summed E-state index contributed by atoms with van der Waals surface area (Å²) in [6, 6.07) is 9.94. The molecule has 1 aromatic carbocycles. The minimum Gasteiger partial charge on any atom is -0.492 e. The molecule has 1 amide bonds. The van der Waals surface area contributed by atoms with Gasteiger partial charge in [-0.1, -0.05) is 12.1 Å². The zero-order valence-electron chi connectivity index (χ0n) is 13.0. The van der Waals surface area contributed by atoms with E-state index in [1.54, 1.807) is 31.3 Å². The average Bonchev–Trinajstić information content (AvgIpc) is 2.49. The molecule has 2 rings (SSSR count). The Morgan fingerprint density at radius 1 is 1.32 bits per heavy atom. The molecule has 116 valence electrons. The third-order valence-corrected chi connectivity index (χ3v) is 3.35. The van der Waals surface area contributed by atoms with Crippen molar-refractivity contribution < 1.29 is 9.53 Å². The molecular weight excluding hydrogens is 280 g/mol. The van der Waals surface area contributed by atoms with Crippen molar-refractivity contribution in [3.8, 4) is 5.75 Å². The molecular formula is C17H20N2O3. The van der Waals surface area contributed by atoms with Gasteiger partial charge in [0.2, 0.25) is 5.91 Å². The lowest BCUT2D eigenvalue weighted by molar-refractivity contribution is -0.118. The van der Waals surface area contributed by atoms with E-state index in [1.807, 2.05) is 26.0 Å². The fourth-order valence-electron chi connectivity index (χ4n) is 2.12. The SMILES string of the molecule is CCOc1ccccc1NC(=O)C(C)n1ccc(C)cc1=O. The summed E-state index contributed by atoms with van der Waals surface area (Å²) in [5.74, 6) is 0.347. The van der Waals surface area contributed by atoms with Crippen molar-refractivity contribution in [2.75, 3.05) is 11.9 Å². The van der Waals surface area contributed by atoms with E-state index in [0.29, 0.717) is 18.0 Å². The molecule has 22 heavy (non-hydrogen) atoms. The summed E-state index contributed by atoms with van der Waals surface area (Å²) < 4.78 is 6.89. The van der Waals surface area contributed by atoms with Gasteiger partial charge in [0, 0.05) is 12.3 Å². The highest BCUT2D eigenvalue weighted by Crippen LogP contribution is 2.24. The number of benzene rings is 1. The minimum absolute atomic E-state index is 0.194. The van der Waals surface area contributed by atoms with Gasteiger partial charge in [-0.05, 0) is 44.5 Å². The van der Waals surface area contributed by atoms with E-state index >= 15 is 0 Å². The monoisotopic (exact) mass is 300 g/mol. The first-order chi connectivity index (χ1) is 10.5. The van der Waals surface area contributed by atoms with Crippen molar-refractivity contribution in [3.05, 3.63) is 58.5 Å². The van der Waals surface area contributed by atoms with Crippen LogP contribution >= 0.6 is 0 Å². The van der Waals surface area contributed by atoms with E-state index in [9.17, 15) is 9.59 Å². The maximum absolute atomic E-state index is 12.4. The van der Waals surface area contributed by atoms with Gasteiger partial charge in [0.25, 0.3) is 5.56 Å². The Hall–Kier alpha value is -2.56. The number of carbonyl (C=O) groups excluding carboxylic acids is 1. The van der Waals surface area contributed by atoms with Crippen LogP contribution in [0.2, 0.25) is 0 Å². The lowest BCUT2D eigenvalue weighted by Crippen LogP contribution is -2.31. The normalized spacial score (nSPS) is 11.8. The Balaban J connectivity index is 2.20. The van der Waals surface area contributed by atoms with Crippen LogP contribution in [0.3, 0.4) is 0 Å². The summed E-state index contributed by atoms with van der Waals surface area (Å²) in [6.07, 6.45) is 1.64. The summed E-state index contributed by atoms with van der Waals surface area (Å²) in [5, 5.41) is 2.81. The van der Waals surface area contributed by atoms with Crippen molar-refractivity contribution in [2.45, 2.75) is 26.8 Å². The number of para-hydroxylation sites is 2. The van der Waals surface area contributed by atoms with Gasteiger partial charge in [-0.2, -0.15) is 0 Å². The number of ether oxygens (including phenoxy) is 1. The van der Waals surface area contributed by atoms with Gasteiger partial charge in [0.15, 0.2) is 0 Å². The largest absolute Gasteiger partial charge is 0.492 e. The van der Waals surface area contributed by atoms with Crippen molar-refractivity contribution in [3.63, 3.8) is 0 Å². The molecule has 0 radical (unpaired) electrons. The van der Waals surface area contributed by atoms with Gasteiger partial charge >= 0.3 is 0 Å². The van der Waals surface area contributed by atoms with E-state index in [2.05, 4.69) is 5.32 Å². The molecule has 5 heteroatoms. The maximum Gasteiger partial charge on any atom is 0.251 e. The lowest BCUT2D eigenvalue weighted by Gasteiger charge is -2.17. The Kier molecular flexibility index (Phi) is 4.99. The predicted molar refractivity (Wildman–Crippen MR) is 86.4 cm³/mol. The third kappa shape index (κ3) is 3.55. The standard InChI is InChI=1S/C17H20N2O3/c1-4-22-15-8-6-5-7-14(15)18-17(21)13(3)19-10-9-12(2)11-16(19)20/h5-11,13H,4H2,1-3H3,(H,18,21).